The smallest absolute Gasteiger partial charge is 0 e. The van der Waals surface area contributed by atoms with Gasteiger partial charge in [0, 0.05) is 75.0 Å². The Labute approximate surface area is 95.9 Å². The molecule has 0 nitrogen and oxygen atoms in total. The Morgan fingerprint density at radius 1 is 0.750 bits per heavy atom. The molecule has 0 aromatic carbocycles. The molecule has 0 rings (SSSR count). The fourth-order valence-corrected chi connectivity index (χ4v) is 0. The van der Waals surface area contributed by atoms with E-state index in [4.69, 9.17) is 0 Å². The number of rotatable bonds is 0. The van der Waals surface area contributed by atoms with Crippen LogP contribution in [0.25, 0.3) is 0 Å². The van der Waals surface area contributed by atoms with Gasteiger partial charge in [-0.25, -0.2) is 0 Å². The van der Waals surface area contributed by atoms with Gasteiger partial charge in [0.05, 0.1) is 0 Å². The molecular weight excluding hydrogens is 296 g/mol. The third kappa shape index (κ3) is 8.94. The fourth-order valence-electron chi connectivity index (χ4n) is 0. The maximum atomic E-state index is 0. The fraction of sp³-hybridized carbons (Fsp3) is 0. The summed E-state index contributed by atoms with van der Waals surface area (Å²) in [5, 5.41) is 0. The van der Waals surface area contributed by atoms with Crippen molar-refractivity contribution in [3.63, 3.8) is 0 Å². The molecule has 0 bridgehead atoms. The predicted molar refractivity (Wildman–Crippen MR) is 8.54 cm³/mol. The van der Waals surface area contributed by atoms with E-state index < -0.39 is 0 Å². The Morgan fingerprint density at radius 3 is 0.750 bits per heavy atom. The predicted octanol–water partition coefficient (Wildman–Crippen LogP) is -0.921. The molecule has 0 saturated carbocycles. The molecule has 0 spiro atoms. The van der Waals surface area contributed by atoms with Crippen molar-refractivity contribution < 1.29 is 75.0 Å². The van der Waals surface area contributed by atoms with Gasteiger partial charge >= 0.3 is 23.1 Å². The molecule has 0 aliphatic carbocycles. The molecule has 0 fully saturated rings. The first kappa shape index (κ1) is 27.2. The van der Waals surface area contributed by atoms with E-state index in [1.807, 2.05) is 0 Å². The summed E-state index contributed by atoms with van der Waals surface area (Å²) in [7, 11) is 0. The molecule has 30 valence electrons. The molecule has 0 aliphatic rings. The van der Waals surface area contributed by atoms with Crippen LogP contribution < -0.4 is 0 Å². The van der Waals surface area contributed by atoms with Crippen LogP contribution in [0, 0.1) is 40.8 Å². The van der Waals surface area contributed by atoms with Gasteiger partial charge in [-0.2, -0.15) is 0 Å². The molecule has 4 heteroatoms. The molecule has 0 amide bonds. The average molecular weight is 298 g/mol. The second-order valence-corrected chi connectivity index (χ2v) is 0. The first-order chi connectivity index (χ1) is 0. The van der Waals surface area contributed by atoms with Crippen LogP contribution in [0.4, 0.5) is 0 Å². The van der Waals surface area contributed by atoms with Crippen LogP contribution in [0.2, 0.25) is 0 Å². The van der Waals surface area contributed by atoms with Gasteiger partial charge in [-0.1, -0.05) is 0 Å². The topological polar surface area (TPSA) is 0 Å². The van der Waals surface area contributed by atoms with E-state index in [9.17, 15) is 0 Å². The second kappa shape index (κ2) is 16.4. The van der Waals surface area contributed by atoms with Crippen molar-refractivity contribution in [1.29, 1.82) is 0 Å². The second-order valence-electron chi connectivity index (χ2n) is 0. The van der Waals surface area contributed by atoms with Gasteiger partial charge in [0.1, 0.15) is 0 Å². The molecule has 0 saturated heterocycles. The Bertz CT molecular complexity index is 6.00. The first-order valence-corrected chi connectivity index (χ1v) is 0. The van der Waals surface area contributed by atoms with Gasteiger partial charge in [-0.05, 0) is 0 Å². The molecule has 0 N–H and O–H groups in total. The summed E-state index contributed by atoms with van der Waals surface area (Å²) in [5.41, 5.74) is 0. The van der Waals surface area contributed by atoms with Gasteiger partial charge in [0.15, 0.2) is 0 Å². The summed E-state index contributed by atoms with van der Waals surface area (Å²) in [5.74, 6) is 0. The Morgan fingerprint density at radius 2 is 0.750 bits per heavy atom. The molecule has 0 aromatic rings. The van der Waals surface area contributed by atoms with Crippen molar-refractivity contribution in [2.24, 2.45) is 0 Å². The third-order valence-electron chi connectivity index (χ3n) is 0. The van der Waals surface area contributed by atoms with Crippen molar-refractivity contribution >= 4 is 23.1 Å². The summed E-state index contributed by atoms with van der Waals surface area (Å²) < 4.78 is 0. The minimum absolute atomic E-state index is 0. The van der Waals surface area contributed by atoms with Crippen molar-refractivity contribution in [3.8, 4) is 0 Å². The SMILES string of the molecule is [Cu].[Cu].[MgH2].[Nd]. The van der Waals surface area contributed by atoms with Crippen LogP contribution in [0.5, 0.6) is 0 Å². The van der Waals surface area contributed by atoms with E-state index in [-0.39, 0.29) is 98.0 Å². The summed E-state index contributed by atoms with van der Waals surface area (Å²) in [6.45, 7) is 0. The quantitative estimate of drug-likeness (QED) is 0.507. The van der Waals surface area contributed by atoms with Crippen molar-refractivity contribution in [1.82, 2.24) is 0 Å². The minimum Gasteiger partial charge on any atom is 0 e. The van der Waals surface area contributed by atoms with E-state index in [2.05, 4.69) is 0 Å². The zero-order valence-electron chi connectivity index (χ0n) is 1.10. The zero-order valence-corrected chi connectivity index (χ0v) is 6.19. The largest absolute Gasteiger partial charge is 0.316 e. The zero-order chi connectivity index (χ0) is 0. The van der Waals surface area contributed by atoms with Gasteiger partial charge in [-0.15, -0.1) is 0 Å². The van der Waals surface area contributed by atoms with Crippen LogP contribution in [0.15, 0.2) is 0 Å². The van der Waals surface area contributed by atoms with Crippen LogP contribution in [-0.2, 0) is 34.1 Å². The van der Waals surface area contributed by atoms with Gasteiger partial charge < -0.3 is 0 Å². The third-order valence-corrected chi connectivity index (χ3v) is 0. The first-order valence-electron chi connectivity index (χ1n) is 0. The maximum absolute atomic E-state index is 0. The standard InChI is InChI=1S/2Cu.Mg.Nd.2H. The molecule has 0 aliphatic heterocycles. The number of hydrogen-bond donors (Lipinski definition) is 0. The summed E-state index contributed by atoms with van der Waals surface area (Å²) >= 11 is 0. The Hall–Kier alpha value is 3.16. The molecule has 0 atom stereocenters. The average Bonchev–Trinajstić information content (AvgIpc) is 0. The summed E-state index contributed by atoms with van der Waals surface area (Å²) in [6, 6.07) is 0. The molecule has 0 aromatic heterocycles. The molecule has 0 unspecified atom stereocenters. The Kier molecular flexibility index (Phi) is 112. The normalized spacial score (nSPS) is 0. The van der Waals surface area contributed by atoms with E-state index >= 15 is 0 Å². The molecule has 0 heterocycles. The monoisotopic (exact) mass is 294 g/mol. The van der Waals surface area contributed by atoms with Crippen molar-refractivity contribution in [2.45, 2.75) is 0 Å². The maximum Gasteiger partial charge on any atom is 0.316 e. The molecular formula is H2Cu2MgNd. The van der Waals surface area contributed by atoms with E-state index in [1.165, 1.54) is 0 Å². The van der Waals surface area contributed by atoms with E-state index in [0.29, 0.717) is 0 Å². The van der Waals surface area contributed by atoms with Crippen molar-refractivity contribution in [2.75, 3.05) is 0 Å². The molecule has 4 heavy (non-hydrogen) atoms. The van der Waals surface area contributed by atoms with Crippen LogP contribution in [0.1, 0.15) is 0 Å². The van der Waals surface area contributed by atoms with E-state index in [0.717, 1.165) is 0 Å². The summed E-state index contributed by atoms with van der Waals surface area (Å²) in [6.07, 6.45) is 0. The van der Waals surface area contributed by atoms with E-state index in [1.54, 1.807) is 0 Å². The van der Waals surface area contributed by atoms with Crippen LogP contribution in [-0.4, -0.2) is 23.1 Å². The minimum atomic E-state index is 0. The number of hydrogen-bond acceptors (Lipinski definition) is 0. The summed E-state index contributed by atoms with van der Waals surface area (Å²) in [4.78, 5) is 0. The molecule has 2 radical (unpaired) electrons. The Balaban J connectivity index is 0. The van der Waals surface area contributed by atoms with Gasteiger partial charge in [-0.3, -0.25) is 0 Å². The van der Waals surface area contributed by atoms with Crippen molar-refractivity contribution in [3.05, 3.63) is 0 Å². The van der Waals surface area contributed by atoms with Gasteiger partial charge in [0.25, 0.3) is 0 Å². The van der Waals surface area contributed by atoms with Gasteiger partial charge in [0.2, 0.25) is 0 Å². The van der Waals surface area contributed by atoms with Crippen LogP contribution in [0.3, 0.4) is 0 Å². The van der Waals surface area contributed by atoms with Crippen LogP contribution >= 0.6 is 0 Å².